The molecule has 0 radical (unpaired) electrons. The number of hydrogen-bond acceptors (Lipinski definition) is 3. The Hall–Kier alpha value is -1.42. The molecular weight excluding hydrogens is 266 g/mol. The van der Waals surface area contributed by atoms with Gasteiger partial charge >= 0.3 is 0 Å². The molecule has 112 valence electrons. The van der Waals surface area contributed by atoms with Crippen molar-refractivity contribution >= 4 is 5.69 Å². The molecule has 5 rings (SSSR count). The Morgan fingerprint density at radius 2 is 1.90 bits per heavy atom. The van der Waals surface area contributed by atoms with Crippen LogP contribution in [-0.4, -0.2) is 15.6 Å². The lowest BCUT2D eigenvalue weighted by atomic mass is 9.46. The summed E-state index contributed by atoms with van der Waals surface area (Å²) in [4.78, 5) is 10.9. The van der Waals surface area contributed by atoms with Crippen LogP contribution < -0.4 is 0 Å². The molecule has 0 amide bonds. The second-order valence-corrected chi connectivity index (χ2v) is 7.72. The summed E-state index contributed by atoms with van der Waals surface area (Å²) in [5.74, 6) is 1.19. The average Bonchev–Trinajstić information content (AvgIpc) is 2.35. The predicted octanol–water partition coefficient (Wildman–Crippen LogP) is 3.49. The van der Waals surface area contributed by atoms with Crippen molar-refractivity contribution in [3.05, 3.63) is 39.4 Å². The van der Waals surface area contributed by atoms with E-state index in [2.05, 4.69) is 6.07 Å². The zero-order chi connectivity index (χ0) is 14.8. The topological polar surface area (TPSA) is 63.4 Å². The number of nitrogens with zero attached hydrogens (tertiary/aromatic N) is 1. The average molecular weight is 287 g/mol. The van der Waals surface area contributed by atoms with E-state index in [1.165, 1.54) is 6.42 Å². The van der Waals surface area contributed by atoms with Crippen molar-refractivity contribution < 1.29 is 10.0 Å². The van der Waals surface area contributed by atoms with Gasteiger partial charge in [0.25, 0.3) is 5.69 Å². The minimum absolute atomic E-state index is 0.0305. The van der Waals surface area contributed by atoms with Crippen LogP contribution in [0.15, 0.2) is 18.2 Å². The van der Waals surface area contributed by atoms with Crippen LogP contribution in [0.4, 0.5) is 5.69 Å². The maximum atomic E-state index is 11.2. The summed E-state index contributed by atoms with van der Waals surface area (Å²) in [5, 5.41) is 22.0. The highest BCUT2D eigenvalue weighted by Gasteiger charge is 2.57. The fourth-order valence-electron chi connectivity index (χ4n) is 5.69. The smallest absolute Gasteiger partial charge is 0.272 e. The third-order valence-corrected chi connectivity index (χ3v) is 6.05. The van der Waals surface area contributed by atoms with Gasteiger partial charge in [-0.2, -0.15) is 0 Å². The number of aryl methyl sites for hydroxylation is 1. The largest absolute Gasteiger partial charge is 0.390 e. The predicted molar refractivity (Wildman–Crippen MR) is 79.1 cm³/mol. The van der Waals surface area contributed by atoms with Gasteiger partial charge in [0.15, 0.2) is 0 Å². The summed E-state index contributed by atoms with van der Waals surface area (Å²) in [7, 11) is 0. The van der Waals surface area contributed by atoms with Crippen LogP contribution in [0.25, 0.3) is 0 Å². The molecule has 2 atom stereocenters. The molecule has 0 aliphatic heterocycles. The highest BCUT2D eigenvalue weighted by molar-refractivity contribution is 5.46. The molecule has 4 heteroatoms. The van der Waals surface area contributed by atoms with Gasteiger partial charge in [-0.05, 0) is 68.3 Å². The van der Waals surface area contributed by atoms with Crippen LogP contribution in [-0.2, 0) is 5.41 Å². The number of rotatable bonds is 2. The quantitative estimate of drug-likeness (QED) is 0.669. The number of benzene rings is 1. The van der Waals surface area contributed by atoms with Crippen LogP contribution in [0, 0.1) is 28.9 Å². The maximum Gasteiger partial charge on any atom is 0.272 e. The van der Waals surface area contributed by atoms with Gasteiger partial charge in [0.1, 0.15) is 0 Å². The number of aliphatic hydroxyl groups is 1. The lowest BCUT2D eigenvalue weighted by Crippen LogP contribution is -2.57. The summed E-state index contributed by atoms with van der Waals surface area (Å²) >= 11 is 0. The van der Waals surface area contributed by atoms with Crippen molar-refractivity contribution in [2.45, 2.75) is 56.5 Å². The minimum atomic E-state index is -0.524. The molecule has 0 unspecified atom stereocenters. The van der Waals surface area contributed by atoms with Gasteiger partial charge in [0.2, 0.25) is 0 Å². The molecule has 4 bridgehead atoms. The van der Waals surface area contributed by atoms with Crippen LogP contribution in [0.1, 0.15) is 49.7 Å². The number of hydrogen-bond donors (Lipinski definition) is 1. The highest BCUT2D eigenvalue weighted by Crippen LogP contribution is 2.62. The first-order chi connectivity index (χ1) is 9.89. The van der Waals surface area contributed by atoms with Crippen LogP contribution in [0.2, 0.25) is 0 Å². The van der Waals surface area contributed by atoms with E-state index in [1.54, 1.807) is 13.0 Å². The van der Waals surface area contributed by atoms with E-state index in [-0.39, 0.29) is 16.0 Å². The Labute approximate surface area is 124 Å². The Balaban J connectivity index is 1.79. The van der Waals surface area contributed by atoms with E-state index >= 15 is 0 Å². The van der Waals surface area contributed by atoms with Crippen molar-refractivity contribution in [2.75, 3.05) is 0 Å². The standard InChI is InChI=1S/C17H21NO3/c1-11-2-3-14(5-15(11)18(20)21)16-6-12-4-13(7-16)9-17(19,8-12)10-16/h2-3,5,12-13,19H,4,6-10H2,1H3/t12-,13-,16?,17?/m0/s1. The molecule has 0 spiro atoms. The molecular formula is C17H21NO3. The van der Waals surface area contributed by atoms with Crippen molar-refractivity contribution in [2.24, 2.45) is 11.8 Å². The molecule has 4 fully saturated rings. The Kier molecular flexibility index (Phi) is 2.57. The van der Waals surface area contributed by atoms with Crippen molar-refractivity contribution in [1.29, 1.82) is 0 Å². The monoisotopic (exact) mass is 287 g/mol. The molecule has 1 aromatic carbocycles. The fraction of sp³-hybridized carbons (Fsp3) is 0.647. The number of nitro groups is 1. The van der Waals surface area contributed by atoms with Gasteiger partial charge in [-0.3, -0.25) is 10.1 Å². The van der Waals surface area contributed by atoms with Crippen molar-refractivity contribution in [3.8, 4) is 0 Å². The Morgan fingerprint density at radius 1 is 1.24 bits per heavy atom. The zero-order valence-corrected chi connectivity index (χ0v) is 12.3. The Morgan fingerprint density at radius 3 is 2.48 bits per heavy atom. The lowest BCUT2D eigenvalue weighted by Gasteiger charge is -2.60. The molecule has 4 aliphatic carbocycles. The molecule has 4 nitrogen and oxygen atoms in total. The molecule has 0 saturated heterocycles. The lowest BCUT2D eigenvalue weighted by molar-refractivity contribution is -0.385. The molecule has 4 aliphatic rings. The van der Waals surface area contributed by atoms with Crippen molar-refractivity contribution in [3.63, 3.8) is 0 Å². The van der Waals surface area contributed by atoms with Crippen LogP contribution >= 0.6 is 0 Å². The van der Waals surface area contributed by atoms with E-state index in [0.29, 0.717) is 17.4 Å². The van der Waals surface area contributed by atoms with Gasteiger partial charge in [0.05, 0.1) is 10.5 Å². The van der Waals surface area contributed by atoms with Crippen molar-refractivity contribution in [1.82, 2.24) is 0 Å². The minimum Gasteiger partial charge on any atom is -0.390 e. The summed E-state index contributed by atoms with van der Waals surface area (Å²) in [6.45, 7) is 1.79. The summed E-state index contributed by atoms with van der Waals surface area (Å²) in [6, 6.07) is 5.70. The van der Waals surface area contributed by atoms with Gasteiger partial charge in [-0.1, -0.05) is 12.1 Å². The highest BCUT2D eigenvalue weighted by atomic mass is 16.6. The van der Waals surface area contributed by atoms with E-state index < -0.39 is 5.60 Å². The van der Waals surface area contributed by atoms with Gasteiger partial charge in [0, 0.05) is 11.6 Å². The molecule has 1 N–H and O–H groups in total. The Bertz CT molecular complexity index is 610. The van der Waals surface area contributed by atoms with Gasteiger partial charge in [-0.25, -0.2) is 0 Å². The summed E-state index contributed by atoms with van der Waals surface area (Å²) in [6.07, 6.45) is 6.06. The van der Waals surface area contributed by atoms with E-state index in [4.69, 9.17) is 0 Å². The summed E-state index contributed by atoms with van der Waals surface area (Å²) in [5.41, 5.74) is 1.45. The molecule has 1 aromatic rings. The zero-order valence-electron chi connectivity index (χ0n) is 12.3. The maximum absolute atomic E-state index is 11.2. The first-order valence-electron chi connectivity index (χ1n) is 7.87. The number of nitro benzene ring substituents is 1. The van der Waals surface area contributed by atoms with E-state index in [0.717, 1.165) is 37.7 Å². The normalized spacial score (nSPS) is 40.5. The first kappa shape index (κ1) is 13.3. The fourth-order valence-corrected chi connectivity index (χ4v) is 5.69. The second-order valence-electron chi connectivity index (χ2n) is 7.72. The first-order valence-corrected chi connectivity index (χ1v) is 7.87. The summed E-state index contributed by atoms with van der Waals surface area (Å²) < 4.78 is 0. The third-order valence-electron chi connectivity index (χ3n) is 6.05. The van der Waals surface area contributed by atoms with Crippen LogP contribution in [0.5, 0.6) is 0 Å². The van der Waals surface area contributed by atoms with E-state index in [1.807, 2.05) is 6.07 Å². The van der Waals surface area contributed by atoms with Gasteiger partial charge in [-0.15, -0.1) is 0 Å². The third kappa shape index (κ3) is 1.92. The molecule has 0 aromatic heterocycles. The van der Waals surface area contributed by atoms with Gasteiger partial charge < -0.3 is 5.11 Å². The van der Waals surface area contributed by atoms with Crippen LogP contribution in [0.3, 0.4) is 0 Å². The second kappa shape index (κ2) is 4.07. The molecule has 21 heavy (non-hydrogen) atoms. The van der Waals surface area contributed by atoms with E-state index in [9.17, 15) is 15.2 Å². The molecule has 0 heterocycles. The molecule has 4 saturated carbocycles. The SMILES string of the molecule is Cc1ccc(C23C[C@@H]4C[C@H](CC(O)(C4)C2)C3)cc1[N+](=O)[O-].